The first-order valence-electron chi connectivity index (χ1n) is 7.39. The maximum absolute atomic E-state index is 8.69. The number of aromatic nitrogens is 1. The minimum Gasteiger partial charge on any atom is -0.494 e. The van der Waals surface area contributed by atoms with Crippen molar-refractivity contribution in [3.05, 3.63) is 54.9 Å². The van der Waals surface area contributed by atoms with E-state index in [9.17, 15) is 0 Å². The molecule has 1 heterocycles. The van der Waals surface area contributed by atoms with Gasteiger partial charge in [-0.15, -0.1) is 4.99 Å². The molecule has 0 fully saturated rings. The second-order valence-electron chi connectivity index (χ2n) is 4.80. The monoisotopic (exact) mass is 309 g/mol. The van der Waals surface area contributed by atoms with Crippen molar-refractivity contribution in [2.75, 3.05) is 18.1 Å². The van der Waals surface area contributed by atoms with Gasteiger partial charge < -0.3 is 15.4 Å². The summed E-state index contributed by atoms with van der Waals surface area (Å²) in [7, 11) is 0. The van der Waals surface area contributed by atoms with Gasteiger partial charge in [0.25, 0.3) is 0 Å². The quantitative estimate of drug-likeness (QED) is 0.367. The van der Waals surface area contributed by atoms with Crippen molar-refractivity contribution in [2.45, 2.75) is 12.8 Å². The Kier molecular flexibility index (Phi) is 6.42. The van der Waals surface area contributed by atoms with E-state index in [-0.39, 0.29) is 5.96 Å². The molecular formula is C17H19N5O. The van der Waals surface area contributed by atoms with Crippen LogP contribution in [0, 0.1) is 11.5 Å². The van der Waals surface area contributed by atoms with Gasteiger partial charge in [0.1, 0.15) is 5.75 Å². The molecule has 0 aliphatic heterocycles. The van der Waals surface area contributed by atoms with E-state index in [1.807, 2.05) is 42.5 Å². The van der Waals surface area contributed by atoms with Crippen LogP contribution in [0.4, 0.5) is 5.69 Å². The lowest BCUT2D eigenvalue weighted by atomic mass is 10.2. The number of aliphatic imine (C=N–C) groups is 1. The van der Waals surface area contributed by atoms with E-state index >= 15 is 0 Å². The summed E-state index contributed by atoms with van der Waals surface area (Å²) in [5.74, 6) is 1.05. The molecule has 0 aliphatic carbocycles. The molecule has 0 atom stereocenters. The Morgan fingerprint density at radius 3 is 2.61 bits per heavy atom. The van der Waals surface area contributed by atoms with E-state index in [1.165, 1.54) is 0 Å². The van der Waals surface area contributed by atoms with E-state index in [2.05, 4.69) is 9.98 Å². The number of nitrogens with two attached hydrogens (primary N) is 1. The fourth-order valence-electron chi connectivity index (χ4n) is 2.09. The van der Waals surface area contributed by atoms with Gasteiger partial charge in [-0.3, -0.25) is 4.98 Å². The number of nitriles is 1. The maximum atomic E-state index is 8.69. The van der Waals surface area contributed by atoms with Gasteiger partial charge in [-0.2, -0.15) is 5.26 Å². The number of anilines is 1. The maximum Gasteiger partial charge on any atom is 0.211 e. The number of ether oxygens (including phenoxy) is 1. The number of pyridine rings is 1. The van der Waals surface area contributed by atoms with Gasteiger partial charge >= 0.3 is 0 Å². The van der Waals surface area contributed by atoms with Crippen molar-refractivity contribution in [3.63, 3.8) is 0 Å². The molecule has 1 aromatic carbocycles. The van der Waals surface area contributed by atoms with Crippen LogP contribution in [0.1, 0.15) is 12.8 Å². The Bertz CT molecular complexity index is 652. The summed E-state index contributed by atoms with van der Waals surface area (Å²) < 4.78 is 5.66. The normalized spacial score (nSPS) is 10.8. The van der Waals surface area contributed by atoms with Crippen LogP contribution in [0.5, 0.6) is 5.75 Å². The lowest BCUT2D eigenvalue weighted by Gasteiger charge is -2.22. The number of para-hydroxylation sites is 1. The van der Waals surface area contributed by atoms with Crippen LogP contribution in [0.2, 0.25) is 0 Å². The smallest absolute Gasteiger partial charge is 0.211 e. The topological polar surface area (TPSA) is 87.5 Å². The summed E-state index contributed by atoms with van der Waals surface area (Å²) in [5.41, 5.74) is 6.73. The highest BCUT2D eigenvalue weighted by molar-refractivity contribution is 5.95. The molecule has 118 valence electrons. The number of unbranched alkanes of at least 4 members (excludes halogenated alkanes) is 1. The van der Waals surface area contributed by atoms with Crippen molar-refractivity contribution >= 4 is 11.6 Å². The van der Waals surface area contributed by atoms with Gasteiger partial charge in [0.2, 0.25) is 12.2 Å². The molecule has 2 aromatic rings. The number of rotatable bonds is 7. The van der Waals surface area contributed by atoms with Gasteiger partial charge in [-0.1, -0.05) is 18.2 Å². The van der Waals surface area contributed by atoms with Crippen LogP contribution in [-0.2, 0) is 0 Å². The summed E-state index contributed by atoms with van der Waals surface area (Å²) in [5, 5.41) is 8.69. The molecule has 0 amide bonds. The van der Waals surface area contributed by atoms with Gasteiger partial charge in [0, 0.05) is 24.6 Å². The van der Waals surface area contributed by atoms with Crippen molar-refractivity contribution in [1.29, 1.82) is 5.26 Å². The molecule has 1 aromatic heterocycles. The highest BCUT2D eigenvalue weighted by Crippen LogP contribution is 2.13. The van der Waals surface area contributed by atoms with Gasteiger partial charge in [-0.05, 0) is 37.1 Å². The molecule has 2 rings (SSSR count). The number of benzene rings is 1. The average molecular weight is 309 g/mol. The highest BCUT2D eigenvalue weighted by atomic mass is 16.5. The number of nitrogens with zero attached hydrogens (tertiary/aromatic N) is 4. The SMILES string of the molecule is N#CN=C(N)N(CCCCOc1ccccc1)c1ccncc1. The van der Waals surface area contributed by atoms with Crippen LogP contribution in [0.25, 0.3) is 0 Å². The molecule has 0 radical (unpaired) electrons. The number of hydrogen-bond donors (Lipinski definition) is 1. The molecule has 2 N–H and O–H groups in total. The zero-order chi connectivity index (χ0) is 16.3. The van der Waals surface area contributed by atoms with Crippen molar-refractivity contribution < 1.29 is 4.74 Å². The molecule has 0 spiro atoms. The molecule has 0 bridgehead atoms. The van der Waals surface area contributed by atoms with E-state index in [0.717, 1.165) is 24.3 Å². The third-order valence-corrected chi connectivity index (χ3v) is 3.20. The highest BCUT2D eigenvalue weighted by Gasteiger charge is 2.10. The minimum atomic E-state index is 0.183. The lowest BCUT2D eigenvalue weighted by molar-refractivity contribution is 0.308. The third-order valence-electron chi connectivity index (χ3n) is 3.20. The van der Waals surface area contributed by atoms with Crippen LogP contribution in [0.15, 0.2) is 59.9 Å². The fourth-order valence-corrected chi connectivity index (χ4v) is 2.09. The first-order chi connectivity index (χ1) is 11.3. The van der Waals surface area contributed by atoms with E-state index < -0.39 is 0 Å². The third kappa shape index (κ3) is 5.32. The predicted octanol–water partition coefficient (Wildman–Crippen LogP) is 2.54. The Morgan fingerprint density at radius 2 is 1.91 bits per heavy atom. The number of hydrogen-bond acceptors (Lipinski definition) is 4. The van der Waals surface area contributed by atoms with E-state index in [4.69, 9.17) is 15.7 Å². The van der Waals surface area contributed by atoms with Crippen LogP contribution in [-0.4, -0.2) is 24.1 Å². The summed E-state index contributed by atoms with van der Waals surface area (Å²) in [6.45, 7) is 1.28. The largest absolute Gasteiger partial charge is 0.494 e. The minimum absolute atomic E-state index is 0.183. The van der Waals surface area contributed by atoms with Crippen molar-refractivity contribution in [3.8, 4) is 11.9 Å². The van der Waals surface area contributed by atoms with Crippen LogP contribution >= 0.6 is 0 Å². The molecule has 6 nitrogen and oxygen atoms in total. The average Bonchev–Trinajstić information content (AvgIpc) is 2.60. The molecule has 0 unspecified atom stereocenters. The zero-order valence-corrected chi connectivity index (χ0v) is 12.8. The molecule has 6 heteroatoms. The van der Waals surface area contributed by atoms with Gasteiger partial charge in [0.15, 0.2) is 0 Å². The van der Waals surface area contributed by atoms with Gasteiger partial charge in [-0.25, -0.2) is 0 Å². The van der Waals surface area contributed by atoms with Crippen molar-refractivity contribution in [1.82, 2.24) is 4.98 Å². The first kappa shape index (κ1) is 16.3. The van der Waals surface area contributed by atoms with E-state index in [1.54, 1.807) is 23.5 Å². The molecule has 0 aliphatic rings. The summed E-state index contributed by atoms with van der Waals surface area (Å²) in [6.07, 6.45) is 6.81. The number of guanidine groups is 1. The van der Waals surface area contributed by atoms with Crippen LogP contribution < -0.4 is 15.4 Å². The summed E-state index contributed by atoms with van der Waals surface area (Å²) in [4.78, 5) is 9.41. The standard InChI is InChI=1S/C17H19N5O/c18-14-21-17(19)22(15-8-10-20-11-9-15)12-4-5-13-23-16-6-2-1-3-7-16/h1-3,6-11H,4-5,12-13H2,(H2,19,21). The van der Waals surface area contributed by atoms with Crippen molar-refractivity contribution in [2.24, 2.45) is 10.7 Å². The first-order valence-corrected chi connectivity index (χ1v) is 7.39. The summed E-state index contributed by atoms with van der Waals surface area (Å²) >= 11 is 0. The predicted molar refractivity (Wildman–Crippen MR) is 90.0 cm³/mol. The Hall–Kier alpha value is -3.07. The molecule has 0 saturated carbocycles. The second-order valence-corrected chi connectivity index (χ2v) is 4.80. The Labute approximate surface area is 135 Å². The molecule has 23 heavy (non-hydrogen) atoms. The molecule has 0 saturated heterocycles. The van der Waals surface area contributed by atoms with Gasteiger partial charge in [0.05, 0.1) is 6.61 Å². The van der Waals surface area contributed by atoms with Crippen LogP contribution in [0.3, 0.4) is 0 Å². The van der Waals surface area contributed by atoms with E-state index in [0.29, 0.717) is 13.2 Å². The second kappa shape index (κ2) is 9.05. The Balaban J connectivity index is 1.84. The fraction of sp³-hybridized carbons (Fsp3) is 0.235. The Morgan fingerprint density at radius 1 is 1.17 bits per heavy atom. The lowest BCUT2D eigenvalue weighted by Crippen LogP contribution is -2.38. The summed E-state index contributed by atoms with van der Waals surface area (Å²) in [6, 6.07) is 13.4. The zero-order valence-electron chi connectivity index (χ0n) is 12.8. The molecular weight excluding hydrogens is 290 g/mol.